The van der Waals surface area contributed by atoms with Gasteiger partial charge in [0.1, 0.15) is 5.56 Å². The first-order valence-corrected chi connectivity index (χ1v) is 7.10. The number of H-pyrrole nitrogens is 1. The summed E-state index contributed by atoms with van der Waals surface area (Å²) in [6, 6.07) is 8.98. The highest BCUT2D eigenvalue weighted by molar-refractivity contribution is 5.95. The zero-order valence-electron chi connectivity index (χ0n) is 12.5. The van der Waals surface area contributed by atoms with Gasteiger partial charge in [-0.25, -0.2) is 0 Å². The molecule has 0 aliphatic rings. The van der Waals surface area contributed by atoms with Gasteiger partial charge in [0.2, 0.25) is 0 Å². The van der Waals surface area contributed by atoms with Gasteiger partial charge < -0.3 is 14.9 Å². The van der Waals surface area contributed by atoms with Gasteiger partial charge in [0, 0.05) is 35.9 Å². The van der Waals surface area contributed by atoms with E-state index in [1.165, 1.54) is 23.9 Å². The molecule has 0 saturated carbocycles. The van der Waals surface area contributed by atoms with E-state index in [1.54, 1.807) is 0 Å². The fourth-order valence-corrected chi connectivity index (χ4v) is 2.61. The lowest BCUT2D eigenvalue weighted by molar-refractivity contribution is 0.0961. The molecule has 0 atom stereocenters. The van der Waals surface area contributed by atoms with Crippen LogP contribution in [0.5, 0.6) is 0 Å². The van der Waals surface area contributed by atoms with Crippen molar-refractivity contribution in [3.05, 3.63) is 69.8 Å². The lowest BCUT2D eigenvalue weighted by atomic mass is 10.1. The summed E-state index contributed by atoms with van der Waals surface area (Å²) in [5.74, 6) is -0.507. The van der Waals surface area contributed by atoms with E-state index in [0.717, 1.165) is 16.5 Å². The number of hydrogen-bond donors (Lipinski definition) is 2. The number of fused-ring (bicyclic) bond motifs is 1. The summed E-state index contributed by atoms with van der Waals surface area (Å²) in [5.41, 5.74) is 1.70. The summed E-state index contributed by atoms with van der Waals surface area (Å²) in [6.45, 7) is 0.277. The minimum absolute atomic E-state index is 0.0432. The summed E-state index contributed by atoms with van der Waals surface area (Å²) in [4.78, 5) is 38.5. The molecule has 2 N–H and O–H groups in total. The molecular weight excluding hydrogens is 294 g/mol. The van der Waals surface area contributed by atoms with Crippen LogP contribution in [-0.4, -0.2) is 28.8 Å². The number of pyridine rings is 1. The highest BCUT2D eigenvalue weighted by atomic mass is 16.2. The van der Waals surface area contributed by atoms with Gasteiger partial charge in [-0.15, -0.1) is 0 Å². The molecule has 6 heteroatoms. The number of rotatable bonds is 4. The van der Waals surface area contributed by atoms with Crippen molar-refractivity contribution < 1.29 is 9.59 Å². The molecule has 0 aliphatic heterocycles. The van der Waals surface area contributed by atoms with Crippen LogP contribution in [0, 0.1) is 0 Å². The molecule has 1 aromatic carbocycles. The Morgan fingerprint density at radius 2 is 2.17 bits per heavy atom. The van der Waals surface area contributed by atoms with Gasteiger partial charge in [-0.3, -0.25) is 14.4 Å². The molecule has 0 bridgehead atoms. The number of nitrogens with one attached hydrogen (secondary N) is 2. The zero-order chi connectivity index (χ0) is 16.4. The maximum Gasteiger partial charge on any atom is 0.263 e. The second-order valence-electron chi connectivity index (χ2n) is 5.17. The Hall–Kier alpha value is -3.15. The number of aromatic amines is 1. The van der Waals surface area contributed by atoms with Gasteiger partial charge in [-0.05, 0) is 23.8 Å². The number of aromatic nitrogens is 2. The first-order chi connectivity index (χ1) is 11.1. The molecule has 23 heavy (non-hydrogen) atoms. The molecule has 3 rings (SSSR count). The summed E-state index contributed by atoms with van der Waals surface area (Å²) in [5, 5.41) is 3.41. The van der Waals surface area contributed by atoms with Gasteiger partial charge in [-0.2, -0.15) is 0 Å². The molecule has 2 aromatic heterocycles. The summed E-state index contributed by atoms with van der Waals surface area (Å²) < 4.78 is 1.38. The first kappa shape index (κ1) is 14.8. The quantitative estimate of drug-likeness (QED) is 0.717. The van der Waals surface area contributed by atoms with E-state index in [0.29, 0.717) is 6.29 Å². The van der Waals surface area contributed by atoms with Crippen LogP contribution in [0.4, 0.5) is 0 Å². The largest absolute Gasteiger partial charge is 0.361 e. The standard InChI is InChI=1S/C17H15N3O3/c1-18-16(22)14-7-11(10-21)8-20(17(14)23)9-12-3-2-4-15-13(12)5-6-19-15/h2-8,10,19H,9H2,1H3,(H,18,22). The number of hydrogen-bond acceptors (Lipinski definition) is 3. The Morgan fingerprint density at radius 3 is 2.91 bits per heavy atom. The molecular formula is C17H15N3O3. The van der Waals surface area contributed by atoms with Crippen molar-refractivity contribution in [3.8, 4) is 0 Å². The van der Waals surface area contributed by atoms with Gasteiger partial charge in [0.25, 0.3) is 11.5 Å². The highest BCUT2D eigenvalue weighted by Crippen LogP contribution is 2.18. The van der Waals surface area contributed by atoms with E-state index in [1.807, 2.05) is 30.5 Å². The van der Waals surface area contributed by atoms with Crippen molar-refractivity contribution in [2.45, 2.75) is 6.54 Å². The normalized spacial score (nSPS) is 10.7. The van der Waals surface area contributed by atoms with Crippen LogP contribution in [0.1, 0.15) is 26.3 Å². The van der Waals surface area contributed by atoms with Crippen molar-refractivity contribution in [2.75, 3.05) is 7.05 Å². The van der Waals surface area contributed by atoms with Crippen LogP contribution < -0.4 is 10.9 Å². The Kier molecular flexibility index (Phi) is 3.80. The van der Waals surface area contributed by atoms with Gasteiger partial charge in [0.05, 0.1) is 6.54 Å². The summed E-state index contributed by atoms with van der Waals surface area (Å²) in [6.07, 6.45) is 3.92. The molecule has 0 saturated heterocycles. The maximum atomic E-state index is 12.5. The first-order valence-electron chi connectivity index (χ1n) is 7.10. The third-order valence-corrected chi connectivity index (χ3v) is 3.74. The van der Waals surface area contributed by atoms with Crippen molar-refractivity contribution in [1.82, 2.24) is 14.9 Å². The molecule has 6 nitrogen and oxygen atoms in total. The van der Waals surface area contributed by atoms with Crippen molar-refractivity contribution in [2.24, 2.45) is 0 Å². The second kappa shape index (κ2) is 5.92. The van der Waals surface area contributed by atoms with Crippen LogP contribution in [0.15, 0.2) is 47.5 Å². The molecule has 0 radical (unpaired) electrons. The van der Waals surface area contributed by atoms with E-state index in [9.17, 15) is 14.4 Å². The molecule has 116 valence electrons. The number of carbonyl (C=O) groups is 2. The van der Waals surface area contributed by atoms with Crippen LogP contribution in [-0.2, 0) is 6.54 Å². The minimum Gasteiger partial charge on any atom is -0.361 e. The van der Waals surface area contributed by atoms with Crippen LogP contribution in [0.2, 0.25) is 0 Å². The van der Waals surface area contributed by atoms with Crippen LogP contribution >= 0.6 is 0 Å². The number of carbonyl (C=O) groups excluding carboxylic acids is 2. The van der Waals surface area contributed by atoms with E-state index < -0.39 is 11.5 Å². The molecule has 3 aromatic rings. The van der Waals surface area contributed by atoms with Crippen molar-refractivity contribution in [1.29, 1.82) is 0 Å². The lowest BCUT2D eigenvalue weighted by Gasteiger charge is -2.10. The zero-order valence-corrected chi connectivity index (χ0v) is 12.5. The monoisotopic (exact) mass is 309 g/mol. The molecule has 0 fully saturated rings. The average molecular weight is 309 g/mol. The third-order valence-electron chi connectivity index (χ3n) is 3.74. The average Bonchev–Trinajstić information content (AvgIpc) is 3.05. The Bertz CT molecular complexity index is 953. The molecule has 0 unspecified atom stereocenters. The maximum absolute atomic E-state index is 12.5. The van der Waals surface area contributed by atoms with Crippen LogP contribution in [0.3, 0.4) is 0 Å². The fourth-order valence-electron chi connectivity index (χ4n) is 2.61. The second-order valence-corrected chi connectivity index (χ2v) is 5.17. The SMILES string of the molecule is CNC(=O)c1cc(C=O)cn(Cc2cccc3[nH]ccc23)c1=O. The number of benzene rings is 1. The Balaban J connectivity index is 2.12. The van der Waals surface area contributed by atoms with E-state index >= 15 is 0 Å². The third kappa shape index (κ3) is 2.66. The highest BCUT2D eigenvalue weighted by Gasteiger charge is 2.14. The van der Waals surface area contributed by atoms with Gasteiger partial charge in [0.15, 0.2) is 6.29 Å². The predicted molar refractivity (Wildman–Crippen MR) is 86.9 cm³/mol. The van der Waals surface area contributed by atoms with Crippen molar-refractivity contribution >= 4 is 23.1 Å². The summed E-state index contributed by atoms with van der Waals surface area (Å²) in [7, 11) is 1.44. The molecule has 1 amide bonds. The van der Waals surface area contributed by atoms with Crippen molar-refractivity contribution in [3.63, 3.8) is 0 Å². The number of nitrogens with zero attached hydrogens (tertiary/aromatic N) is 1. The Morgan fingerprint density at radius 1 is 1.35 bits per heavy atom. The van der Waals surface area contributed by atoms with E-state index in [-0.39, 0.29) is 17.7 Å². The van der Waals surface area contributed by atoms with Crippen LogP contribution in [0.25, 0.3) is 10.9 Å². The Labute approximate surface area is 131 Å². The van der Waals surface area contributed by atoms with E-state index in [4.69, 9.17) is 0 Å². The number of aldehydes is 1. The lowest BCUT2D eigenvalue weighted by Crippen LogP contribution is -2.32. The van der Waals surface area contributed by atoms with Gasteiger partial charge >= 0.3 is 0 Å². The molecule has 2 heterocycles. The van der Waals surface area contributed by atoms with E-state index in [2.05, 4.69) is 10.3 Å². The predicted octanol–water partition coefficient (Wildman–Crippen LogP) is 1.55. The summed E-state index contributed by atoms with van der Waals surface area (Å²) >= 11 is 0. The smallest absolute Gasteiger partial charge is 0.263 e. The minimum atomic E-state index is -0.507. The number of amides is 1. The fraction of sp³-hybridized carbons (Fsp3) is 0.118. The van der Waals surface area contributed by atoms with Gasteiger partial charge in [-0.1, -0.05) is 12.1 Å². The topological polar surface area (TPSA) is 84.0 Å². The molecule has 0 aliphatic carbocycles. The molecule has 0 spiro atoms.